The fraction of sp³-hybridized carbons (Fsp3) is 0. The van der Waals surface area contributed by atoms with E-state index in [1.165, 1.54) is 0 Å². The van der Waals surface area contributed by atoms with E-state index in [2.05, 4.69) is 0 Å². The predicted molar refractivity (Wildman–Crippen MR) is 184 cm³/mol. The van der Waals surface area contributed by atoms with E-state index in [0.717, 1.165) is 60.7 Å². The fourth-order valence-corrected chi connectivity index (χ4v) is 4.90. The Hall–Kier alpha value is -8.68. The molecule has 15 N–H and O–H groups in total. The van der Waals surface area contributed by atoms with Crippen molar-refractivity contribution in [2.75, 3.05) is 0 Å². The molecule has 0 bridgehead atoms. The highest BCUT2D eigenvalue weighted by atomic mass is 16.5. The summed E-state index contributed by atoms with van der Waals surface area (Å²) < 4.78 is 27.0. The second-order valence-electron chi connectivity index (χ2n) is 11.4. The lowest BCUT2D eigenvalue weighted by molar-refractivity contribution is 0.323. The number of hydrogen-bond acceptors (Lipinski definition) is 20. The van der Waals surface area contributed by atoms with Crippen LogP contribution in [0.25, 0.3) is 0 Å². The van der Waals surface area contributed by atoms with Crippen molar-refractivity contribution in [3.63, 3.8) is 0 Å². The minimum Gasteiger partial charge on any atom is -0.508 e. The van der Waals surface area contributed by atoms with Crippen LogP contribution in [0.15, 0.2) is 66.7 Å². The summed E-state index contributed by atoms with van der Waals surface area (Å²) in [6.07, 6.45) is 0. The molecule has 6 rings (SSSR count). The highest BCUT2D eigenvalue weighted by Crippen LogP contribution is 2.55. The summed E-state index contributed by atoms with van der Waals surface area (Å²) in [5.74, 6) is -18.1. The number of phenols is 15. The summed E-state index contributed by atoms with van der Waals surface area (Å²) in [7, 11) is 0. The third-order valence-electron chi connectivity index (χ3n) is 7.41. The number of rotatable bonds is 10. The van der Waals surface area contributed by atoms with E-state index in [-0.39, 0.29) is 17.2 Å². The lowest BCUT2D eigenvalue weighted by Crippen LogP contribution is -1.94. The molecule has 0 radical (unpaired) electrons. The summed E-state index contributed by atoms with van der Waals surface area (Å²) >= 11 is 0. The minimum absolute atomic E-state index is 0.309. The number of phenolic OH excluding ortho intramolecular Hbond substituents is 15. The van der Waals surface area contributed by atoms with E-state index in [1.54, 1.807) is 0 Å². The molecule has 0 aliphatic carbocycles. The van der Waals surface area contributed by atoms with Gasteiger partial charge in [-0.25, -0.2) is 0 Å². The van der Waals surface area contributed by atoms with Crippen molar-refractivity contribution in [1.29, 1.82) is 0 Å². The molecule has 6 aromatic rings. The molecular formula is C36H26O20. The summed E-state index contributed by atoms with van der Waals surface area (Å²) in [5.41, 5.74) is 0. The first-order valence-electron chi connectivity index (χ1n) is 15.2. The van der Waals surface area contributed by atoms with Crippen molar-refractivity contribution in [3.8, 4) is 144 Å². The van der Waals surface area contributed by atoms with E-state index in [1.807, 2.05) is 0 Å². The average Bonchev–Trinajstić information content (AvgIpc) is 3.10. The average molecular weight is 779 g/mol. The van der Waals surface area contributed by atoms with Crippen LogP contribution in [0.3, 0.4) is 0 Å². The Kier molecular flexibility index (Phi) is 9.30. The maximum absolute atomic E-state index is 10.7. The van der Waals surface area contributed by atoms with Crippen LogP contribution in [-0.2, 0) is 0 Å². The van der Waals surface area contributed by atoms with Gasteiger partial charge >= 0.3 is 0 Å². The monoisotopic (exact) mass is 778 g/mol. The lowest BCUT2D eigenvalue weighted by Gasteiger charge is -2.18. The molecule has 290 valence electrons. The zero-order valence-electron chi connectivity index (χ0n) is 27.6. The third kappa shape index (κ3) is 7.18. The quantitative estimate of drug-likeness (QED) is 0.0685. The van der Waals surface area contributed by atoms with E-state index < -0.39 is 126 Å². The number of ether oxygens (including phenoxy) is 5. The molecule has 20 heteroatoms. The molecule has 0 amide bonds. The SMILES string of the molecule is Oc1cc(O)c(Oc2cc(O)c(Oc3cc(O)c(O)c(O)c3Oc3cc(O)c(Oc4cc(O)c(Oc5cc(O)c(O)c(O)c5)c(O)c4)c(O)c3)c(O)c2)c(O)c1. The Labute approximate surface area is 310 Å². The van der Waals surface area contributed by atoms with Crippen LogP contribution in [0.5, 0.6) is 144 Å². The Morgan fingerprint density at radius 3 is 0.857 bits per heavy atom. The highest BCUT2D eigenvalue weighted by molar-refractivity contribution is 5.68. The molecule has 0 atom stereocenters. The van der Waals surface area contributed by atoms with Gasteiger partial charge in [-0.05, 0) is 0 Å². The van der Waals surface area contributed by atoms with Crippen molar-refractivity contribution in [2.24, 2.45) is 0 Å². The molecule has 0 saturated carbocycles. The molecule has 6 aromatic carbocycles. The van der Waals surface area contributed by atoms with Crippen LogP contribution >= 0.6 is 0 Å². The van der Waals surface area contributed by atoms with Crippen LogP contribution in [0, 0.1) is 0 Å². The van der Waals surface area contributed by atoms with E-state index in [0.29, 0.717) is 6.07 Å². The Bertz CT molecular complexity index is 2420. The zero-order chi connectivity index (χ0) is 40.7. The zero-order valence-corrected chi connectivity index (χ0v) is 27.6. The van der Waals surface area contributed by atoms with Gasteiger partial charge in [-0.3, -0.25) is 0 Å². The van der Waals surface area contributed by atoms with Crippen LogP contribution in [0.2, 0.25) is 0 Å². The van der Waals surface area contributed by atoms with Gasteiger partial charge in [-0.2, -0.15) is 0 Å². The molecule has 0 heterocycles. The molecule has 0 aliphatic rings. The van der Waals surface area contributed by atoms with Gasteiger partial charge in [0.05, 0.1) is 0 Å². The van der Waals surface area contributed by atoms with Gasteiger partial charge in [0, 0.05) is 66.7 Å². The van der Waals surface area contributed by atoms with Crippen molar-refractivity contribution < 1.29 is 100 Å². The highest BCUT2D eigenvalue weighted by Gasteiger charge is 2.26. The van der Waals surface area contributed by atoms with E-state index in [4.69, 9.17) is 23.7 Å². The van der Waals surface area contributed by atoms with Gasteiger partial charge < -0.3 is 100 Å². The Morgan fingerprint density at radius 2 is 0.500 bits per heavy atom. The van der Waals surface area contributed by atoms with Crippen LogP contribution < -0.4 is 23.7 Å². The van der Waals surface area contributed by atoms with E-state index in [9.17, 15) is 76.6 Å². The summed E-state index contributed by atoms with van der Waals surface area (Å²) in [4.78, 5) is 0. The molecule has 20 nitrogen and oxygen atoms in total. The third-order valence-corrected chi connectivity index (χ3v) is 7.41. The maximum Gasteiger partial charge on any atom is 0.215 e. The fourth-order valence-electron chi connectivity index (χ4n) is 4.90. The Morgan fingerprint density at radius 1 is 0.232 bits per heavy atom. The summed E-state index contributed by atoms with van der Waals surface area (Å²) in [6, 6.07) is 9.21. The van der Waals surface area contributed by atoms with Gasteiger partial charge in [0.1, 0.15) is 28.7 Å². The van der Waals surface area contributed by atoms with Crippen molar-refractivity contribution in [2.45, 2.75) is 0 Å². The van der Waals surface area contributed by atoms with Crippen LogP contribution in [0.1, 0.15) is 0 Å². The van der Waals surface area contributed by atoms with E-state index >= 15 is 0 Å². The number of hydrogen-bond donors (Lipinski definition) is 15. The predicted octanol–water partition coefficient (Wildman–Crippen LogP) is 6.23. The largest absolute Gasteiger partial charge is 0.508 e. The standard InChI is InChI=1S/C36H26O20/c37-12-1-20(41)32(21(42)2-12)53-15-7-26(47)35(27(48)8-15)56-28-11-19(40)30(50)31(51)36(28)55-16-9-24(45)34(25(46)10-16)54-14-5-22(43)33(23(44)6-14)52-13-3-17(38)29(49)18(39)4-13/h1-11,37-51H. The number of benzene rings is 6. The van der Waals surface area contributed by atoms with Gasteiger partial charge in [0.2, 0.25) is 46.0 Å². The molecule has 0 saturated heterocycles. The van der Waals surface area contributed by atoms with Crippen molar-refractivity contribution in [3.05, 3.63) is 66.7 Å². The number of aromatic hydroxyl groups is 15. The summed E-state index contributed by atoms with van der Waals surface area (Å²) in [6.45, 7) is 0. The normalized spacial score (nSPS) is 10.9. The minimum atomic E-state index is -1.16. The molecule has 56 heavy (non-hydrogen) atoms. The smallest absolute Gasteiger partial charge is 0.215 e. The van der Waals surface area contributed by atoms with Gasteiger partial charge in [-0.15, -0.1) is 0 Å². The molecule has 0 spiro atoms. The second kappa shape index (κ2) is 14.0. The van der Waals surface area contributed by atoms with Crippen LogP contribution in [0.4, 0.5) is 0 Å². The van der Waals surface area contributed by atoms with Crippen LogP contribution in [-0.4, -0.2) is 76.6 Å². The first-order chi connectivity index (χ1) is 26.4. The lowest BCUT2D eigenvalue weighted by atomic mass is 10.2. The Balaban J connectivity index is 1.25. The molecule has 0 unspecified atom stereocenters. The molecule has 0 aromatic heterocycles. The maximum atomic E-state index is 10.7. The summed E-state index contributed by atoms with van der Waals surface area (Å²) in [5, 5.41) is 153. The first-order valence-corrected chi connectivity index (χ1v) is 15.2. The van der Waals surface area contributed by atoms with Crippen molar-refractivity contribution in [1.82, 2.24) is 0 Å². The molecular weight excluding hydrogens is 752 g/mol. The van der Waals surface area contributed by atoms with Crippen molar-refractivity contribution >= 4 is 0 Å². The molecule has 0 aliphatic heterocycles. The van der Waals surface area contributed by atoms with Gasteiger partial charge in [0.25, 0.3) is 0 Å². The molecule has 0 fully saturated rings. The first kappa shape index (κ1) is 37.1. The topological polar surface area (TPSA) is 350 Å². The van der Waals surface area contributed by atoms with Gasteiger partial charge in [0.15, 0.2) is 69.0 Å². The second-order valence-corrected chi connectivity index (χ2v) is 11.4. The van der Waals surface area contributed by atoms with Gasteiger partial charge in [-0.1, -0.05) is 0 Å².